The fraction of sp³-hybridized carbons (Fsp3) is 0.161. The minimum absolute atomic E-state index is 0.00928. The van der Waals surface area contributed by atoms with Gasteiger partial charge in [0.2, 0.25) is 0 Å². The number of hydrogen-bond acceptors (Lipinski definition) is 8. The smallest absolute Gasteiger partial charge is 0.157 e. The number of fused-ring (bicyclic) bond motifs is 4. The lowest BCUT2D eigenvalue weighted by Crippen LogP contribution is -2.26. The Morgan fingerprint density at radius 2 is 1.17 bits per heavy atom. The first kappa shape index (κ1) is 38.1. The molecule has 7 aromatic carbocycles. The maximum Gasteiger partial charge on any atom is 0.157 e. The zero-order valence-electron chi connectivity index (χ0n) is 37.0. The molecule has 65 heavy (non-hydrogen) atoms. The molecule has 0 saturated heterocycles. The van der Waals surface area contributed by atoms with Crippen molar-refractivity contribution in [3.05, 3.63) is 163 Å². The number of aromatic nitrogens is 2. The Kier molecular flexibility index (Phi) is 7.96. The van der Waals surface area contributed by atoms with Crippen molar-refractivity contribution in [2.24, 2.45) is 0 Å². The first-order valence-electron chi connectivity index (χ1n) is 22.2. The Hall–Kier alpha value is -7.36. The van der Waals surface area contributed by atoms with E-state index in [0.717, 1.165) is 96.5 Å². The normalized spacial score (nSPS) is 14.3. The van der Waals surface area contributed by atoms with Gasteiger partial charge in [-0.1, -0.05) is 89.7 Å². The Balaban J connectivity index is 0.858. The van der Waals surface area contributed by atoms with Crippen LogP contribution < -0.4 is 28.9 Å². The van der Waals surface area contributed by atoms with Gasteiger partial charge in [-0.2, -0.15) is 0 Å². The summed E-state index contributed by atoms with van der Waals surface area (Å²) >= 11 is 1.76. The van der Waals surface area contributed by atoms with E-state index >= 15 is 0 Å². The number of pyridine rings is 1. The number of hydrogen-bond donors (Lipinski definition) is 0. The molecule has 4 aliphatic heterocycles. The molecular formula is C56H45N5O3S. The van der Waals surface area contributed by atoms with E-state index in [1.165, 1.54) is 26.3 Å². The van der Waals surface area contributed by atoms with Crippen LogP contribution in [0.2, 0.25) is 0 Å². The lowest BCUT2D eigenvalue weighted by atomic mass is 9.86. The highest BCUT2D eigenvalue weighted by atomic mass is 32.2. The first-order chi connectivity index (χ1) is 31.4. The highest BCUT2D eigenvalue weighted by Crippen LogP contribution is 2.67. The van der Waals surface area contributed by atoms with E-state index in [0.29, 0.717) is 6.67 Å². The van der Waals surface area contributed by atoms with E-state index in [1.807, 2.05) is 12.3 Å². The van der Waals surface area contributed by atoms with Gasteiger partial charge in [0.15, 0.2) is 23.0 Å². The highest BCUT2D eigenvalue weighted by Gasteiger charge is 2.41. The molecule has 9 aromatic rings. The predicted octanol–water partition coefficient (Wildman–Crippen LogP) is 16.0. The van der Waals surface area contributed by atoms with E-state index in [1.54, 1.807) is 11.8 Å². The summed E-state index contributed by atoms with van der Waals surface area (Å²) in [6.07, 6.45) is 1.93. The lowest BCUT2D eigenvalue weighted by molar-refractivity contribution is 0.443. The van der Waals surface area contributed by atoms with Crippen molar-refractivity contribution in [1.82, 2.24) is 9.55 Å². The third kappa shape index (κ3) is 5.88. The van der Waals surface area contributed by atoms with Gasteiger partial charge in [-0.25, -0.2) is 4.98 Å². The van der Waals surface area contributed by atoms with Gasteiger partial charge in [-0.15, -0.1) is 0 Å². The van der Waals surface area contributed by atoms with Gasteiger partial charge in [0.25, 0.3) is 0 Å². The van der Waals surface area contributed by atoms with Gasteiger partial charge in [0, 0.05) is 56.7 Å². The molecule has 8 nitrogen and oxygen atoms in total. The summed E-state index contributed by atoms with van der Waals surface area (Å²) in [6, 6.07) is 51.5. The fourth-order valence-corrected chi connectivity index (χ4v) is 11.0. The topological polar surface area (TPSA) is 55.2 Å². The quantitative estimate of drug-likeness (QED) is 0.170. The van der Waals surface area contributed by atoms with E-state index in [2.05, 4.69) is 200 Å². The van der Waals surface area contributed by atoms with Crippen molar-refractivity contribution in [2.75, 3.05) is 21.4 Å². The molecule has 0 atom stereocenters. The average Bonchev–Trinajstić information content (AvgIpc) is 3.84. The first-order valence-corrected chi connectivity index (χ1v) is 23.0. The maximum atomic E-state index is 6.79. The SMILES string of the molecule is CC(C)(C)c1ccnc(-n2c3ccc(C(C)(C)C)cc3c3ccc(Oc4cccc(N5CN(c6cc7c8c(c6)Oc6cccc9c6N8c6c(cccc6S9)O7)c6ccccc65)c4)cc32)c1. The summed E-state index contributed by atoms with van der Waals surface area (Å²) < 4.78 is 22.6. The Bertz CT molecular complexity index is 3410. The summed E-state index contributed by atoms with van der Waals surface area (Å²) in [5.41, 5.74) is 11.9. The van der Waals surface area contributed by atoms with Gasteiger partial charge in [-0.05, 0) is 107 Å². The molecule has 0 saturated carbocycles. The minimum Gasteiger partial charge on any atom is -0.457 e. The number of ether oxygens (including phenoxy) is 3. The van der Waals surface area contributed by atoms with Crippen LogP contribution in [0.1, 0.15) is 52.7 Å². The van der Waals surface area contributed by atoms with Crippen molar-refractivity contribution in [2.45, 2.75) is 62.2 Å². The van der Waals surface area contributed by atoms with Crippen LogP contribution >= 0.6 is 11.8 Å². The van der Waals surface area contributed by atoms with Crippen LogP contribution in [0.4, 0.5) is 39.8 Å². The number of anilines is 7. The average molecular weight is 868 g/mol. The van der Waals surface area contributed by atoms with E-state index in [4.69, 9.17) is 19.2 Å². The van der Waals surface area contributed by atoms with Gasteiger partial charge < -0.3 is 24.0 Å². The third-order valence-corrected chi connectivity index (χ3v) is 14.2. The molecule has 0 radical (unpaired) electrons. The van der Waals surface area contributed by atoms with E-state index in [9.17, 15) is 0 Å². The van der Waals surface area contributed by atoms with Gasteiger partial charge in [0.1, 0.15) is 41.0 Å². The second-order valence-electron chi connectivity index (χ2n) is 19.4. The highest BCUT2D eigenvalue weighted by molar-refractivity contribution is 7.99. The Morgan fingerprint density at radius 3 is 1.86 bits per heavy atom. The summed E-state index contributed by atoms with van der Waals surface area (Å²) in [7, 11) is 0. The molecule has 0 amide bonds. The Labute approximate surface area is 382 Å². The molecule has 6 heterocycles. The second-order valence-corrected chi connectivity index (χ2v) is 20.5. The van der Waals surface area contributed by atoms with Crippen molar-refractivity contribution in [1.29, 1.82) is 0 Å². The van der Waals surface area contributed by atoms with Crippen LogP contribution in [-0.2, 0) is 10.8 Å². The van der Waals surface area contributed by atoms with Crippen LogP contribution in [-0.4, -0.2) is 16.2 Å². The molecule has 318 valence electrons. The standard InChI is InChI=1S/C56H45N5O3S/c1-55(2,3)33-20-23-41-40(26-33)39-22-21-38(31-44(39)60(41)51-27-34(24-25-57-51)56(4,5)6)62-37-13-9-12-35(28-37)58-32-59(43-15-8-7-14-42(43)58)36-29-47-52-48(30-36)64-46-17-11-19-50-54(46)61(52)53-45(63-47)16-10-18-49(53)65-50/h7-31H,32H2,1-6H3. The third-order valence-electron chi connectivity index (χ3n) is 13.1. The zero-order chi connectivity index (χ0) is 43.9. The summed E-state index contributed by atoms with van der Waals surface area (Å²) in [5.74, 6) is 5.61. The summed E-state index contributed by atoms with van der Waals surface area (Å²) in [4.78, 5) is 14.3. The maximum absolute atomic E-state index is 6.79. The predicted molar refractivity (Wildman–Crippen MR) is 263 cm³/mol. The van der Waals surface area contributed by atoms with E-state index in [-0.39, 0.29) is 10.8 Å². The fourth-order valence-electron chi connectivity index (χ4n) is 9.86. The second kappa shape index (κ2) is 13.6. The lowest BCUT2D eigenvalue weighted by Gasteiger charge is -2.42. The van der Waals surface area contributed by atoms with Crippen LogP contribution in [0, 0.1) is 0 Å². The van der Waals surface area contributed by atoms with Gasteiger partial charge >= 0.3 is 0 Å². The molecule has 0 bridgehead atoms. The molecular weight excluding hydrogens is 823 g/mol. The molecule has 2 aromatic heterocycles. The van der Waals surface area contributed by atoms with Crippen LogP contribution in [0.5, 0.6) is 34.5 Å². The van der Waals surface area contributed by atoms with Crippen molar-refractivity contribution < 1.29 is 14.2 Å². The van der Waals surface area contributed by atoms with Crippen molar-refractivity contribution in [3.8, 4) is 40.3 Å². The number of benzene rings is 7. The Morgan fingerprint density at radius 1 is 0.523 bits per heavy atom. The molecule has 13 rings (SSSR count). The minimum atomic E-state index is -0.0244. The molecule has 0 fully saturated rings. The molecule has 0 N–H and O–H groups in total. The van der Waals surface area contributed by atoms with Gasteiger partial charge in [-0.3, -0.25) is 9.47 Å². The molecule has 0 aliphatic carbocycles. The van der Waals surface area contributed by atoms with Crippen LogP contribution in [0.25, 0.3) is 27.6 Å². The van der Waals surface area contributed by atoms with Crippen molar-refractivity contribution >= 4 is 73.4 Å². The molecule has 4 aliphatic rings. The molecule has 0 spiro atoms. The van der Waals surface area contributed by atoms with Crippen LogP contribution in [0.3, 0.4) is 0 Å². The molecule has 9 heteroatoms. The summed E-state index contributed by atoms with van der Waals surface area (Å²) in [5, 5.41) is 2.36. The zero-order valence-corrected chi connectivity index (χ0v) is 37.8. The van der Waals surface area contributed by atoms with E-state index < -0.39 is 0 Å². The molecule has 0 unspecified atom stereocenters. The van der Waals surface area contributed by atoms with Crippen molar-refractivity contribution in [3.63, 3.8) is 0 Å². The number of para-hydroxylation sites is 4. The monoisotopic (exact) mass is 867 g/mol. The summed E-state index contributed by atoms with van der Waals surface area (Å²) in [6.45, 7) is 14.1. The largest absolute Gasteiger partial charge is 0.457 e. The number of nitrogens with zero attached hydrogens (tertiary/aromatic N) is 5. The van der Waals surface area contributed by atoms with Crippen LogP contribution in [0.15, 0.2) is 162 Å². The van der Waals surface area contributed by atoms with Gasteiger partial charge in [0.05, 0.1) is 28.1 Å². The number of rotatable bonds is 5.